The lowest BCUT2D eigenvalue weighted by Gasteiger charge is -2.15. The van der Waals surface area contributed by atoms with Crippen molar-refractivity contribution in [2.24, 2.45) is 0 Å². The molecule has 1 aliphatic rings. The minimum atomic E-state index is 0.104. The SMILES string of the molecule is C/C=C\C.C=C1CN(Cc2ccc(CCCC)cc2)C(=O)/C1=C\C.CC.CC. The van der Waals surface area contributed by atoms with E-state index < -0.39 is 0 Å². The fraction of sp³-hybridized carbons (Fsp3) is 0.500. The smallest absolute Gasteiger partial charge is 0.254 e. The first-order valence-corrected chi connectivity index (χ1v) is 10.9. The van der Waals surface area contributed by atoms with Gasteiger partial charge in [0.25, 0.3) is 5.91 Å². The Bertz CT molecular complexity index is 589. The molecule has 2 heteroatoms. The maximum absolute atomic E-state index is 12.2. The number of benzene rings is 1. The van der Waals surface area contributed by atoms with E-state index in [9.17, 15) is 4.79 Å². The molecule has 0 aromatic heterocycles. The molecule has 1 heterocycles. The highest BCUT2D eigenvalue weighted by molar-refractivity contribution is 6.01. The molecule has 1 amide bonds. The van der Waals surface area contributed by atoms with Crippen molar-refractivity contribution in [2.75, 3.05) is 6.54 Å². The third-order valence-corrected chi connectivity index (χ3v) is 4.12. The van der Waals surface area contributed by atoms with E-state index in [0.717, 1.165) is 17.6 Å². The lowest BCUT2D eigenvalue weighted by atomic mass is 10.1. The summed E-state index contributed by atoms with van der Waals surface area (Å²) in [6.07, 6.45) is 9.45. The first-order valence-electron chi connectivity index (χ1n) is 10.9. The van der Waals surface area contributed by atoms with Crippen molar-refractivity contribution in [3.63, 3.8) is 0 Å². The van der Waals surface area contributed by atoms with Crippen molar-refractivity contribution in [2.45, 2.75) is 81.2 Å². The second-order valence-corrected chi connectivity index (χ2v) is 6.05. The van der Waals surface area contributed by atoms with Gasteiger partial charge in [0.1, 0.15) is 0 Å². The fourth-order valence-corrected chi connectivity index (χ4v) is 2.58. The van der Waals surface area contributed by atoms with Gasteiger partial charge >= 0.3 is 0 Å². The molecule has 2 nitrogen and oxygen atoms in total. The quantitative estimate of drug-likeness (QED) is 0.379. The summed E-state index contributed by atoms with van der Waals surface area (Å²) < 4.78 is 0. The summed E-state index contributed by atoms with van der Waals surface area (Å²) in [5.74, 6) is 0.104. The molecule has 1 aromatic carbocycles. The topological polar surface area (TPSA) is 20.3 Å². The largest absolute Gasteiger partial charge is 0.330 e. The second-order valence-electron chi connectivity index (χ2n) is 6.05. The van der Waals surface area contributed by atoms with E-state index >= 15 is 0 Å². The number of hydrogen-bond donors (Lipinski definition) is 0. The number of hydrogen-bond acceptors (Lipinski definition) is 1. The lowest BCUT2D eigenvalue weighted by molar-refractivity contribution is -0.125. The number of carbonyl (C=O) groups excluding carboxylic acids is 1. The number of likely N-dealkylation sites (tertiary alicyclic amines) is 1. The van der Waals surface area contributed by atoms with E-state index in [1.54, 1.807) is 0 Å². The maximum atomic E-state index is 12.2. The van der Waals surface area contributed by atoms with Gasteiger partial charge in [-0.2, -0.15) is 0 Å². The Morgan fingerprint density at radius 1 is 0.964 bits per heavy atom. The Morgan fingerprint density at radius 2 is 1.46 bits per heavy atom. The number of aryl methyl sites for hydroxylation is 1. The van der Waals surface area contributed by atoms with Crippen molar-refractivity contribution < 1.29 is 4.79 Å². The average Bonchev–Trinajstić information content (AvgIpc) is 3.02. The first kappa shape index (κ1) is 28.1. The van der Waals surface area contributed by atoms with Crippen LogP contribution in [0.3, 0.4) is 0 Å². The Labute approximate surface area is 175 Å². The molecule has 28 heavy (non-hydrogen) atoms. The Balaban J connectivity index is 0. The molecule has 1 fully saturated rings. The van der Waals surface area contributed by atoms with Crippen molar-refractivity contribution in [1.82, 2.24) is 4.90 Å². The van der Waals surface area contributed by atoms with Crippen LogP contribution >= 0.6 is 0 Å². The van der Waals surface area contributed by atoms with Gasteiger partial charge < -0.3 is 4.90 Å². The molecule has 0 aliphatic carbocycles. The van der Waals surface area contributed by atoms with Gasteiger partial charge in [0.15, 0.2) is 0 Å². The Kier molecular flexibility index (Phi) is 18.4. The van der Waals surface area contributed by atoms with Gasteiger partial charge in [-0.1, -0.05) is 90.1 Å². The average molecular weight is 386 g/mol. The van der Waals surface area contributed by atoms with E-state index in [-0.39, 0.29) is 5.91 Å². The molecule has 158 valence electrons. The molecule has 2 rings (SSSR count). The lowest BCUT2D eigenvalue weighted by Crippen LogP contribution is -2.24. The predicted molar refractivity (Wildman–Crippen MR) is 127 cm³/mol. The van der Waals surface area contributed by atoms with Crippen LogP contribution in [0.1, 0.15) is 79.4 Å². The molecule has 0 atom stereocenters. The van der Waals surface area contributed by atoms with E-state index in [1.807, 2.05) is 71.6 Å². The first-order chi connectivity index (χ1) is 13.6. The standard InChI is InChI=1S/C18H23NO.C4H8.2C2H6/c1-4-6-7-15-8-10-16(11-9-15)13-19-12-14(3)17(5-2)18(19)20;1-3-4-2;2*1-2/h5,8-11H,3-4,6-7,12-13H2,1-2H3;3-4H,1-2H3;2*1-2H3/b17-5-;4-3-;;. The van der Waals surface area contributed by atoms with Crippen LogP contribution < -0.4 is 0 Å². The molecule has 1 aliphatic heterocycles. The number of allylic oxidation sites excluding steroid dienone is 3. The summed E-state index contributed by atoms with van der Waals surface area (Å²) in [6, 6.07) is 8.62. The number of unbranched alkanes of at least 4 members (excludes halogenated alkanes) is 1. The summed E-state index contributed by atoms with van der Waals surface area (Å²) >= 11 is 0. The van der Waals surface area contributed by atoms with E-state index in [2.05, 4.69) is 37.8 Å². The summed E-state index contributed by atoms with van der Waals surface area (Å²) in [5, 5.41) is 0. The van der Waals surface area contributed by atoms with Gasteiger partial charge in [0.05, 0.1) is 0 Å². The number of amides is 1. The van der Waals surface area contributed by atoms with Crippen LogP contribution in [0, 0.1) is 0 Å². The van der Waals surface area contributed by atoms with Crippen LogP contribution in [0.2, 0.25) is 0 Å². The van der Waals surface area contributed by atoms with Crippen LogP contribution in [0.5, 0.6) is 0 Å². The molecule has 0 saturated carbocycles. The van der Waals surface area contributed by atoms with Crippen molar-refractivity contribution in [3.8, 4) is 0 Å². The van der Waals surface area contributed by atoms with Crippen LogP contribution in [0.15, 0.2) is 60.2 Å². The monoisotopic (exact) mass is 385 g/mol. The van der Waals surface area contributed by atoms with Gasteiger partial charge in [0.2, 0.25) is 0 Å². The molecular weight excluding hydrogens is 342 g/mol. The highest BCUT2D eigenvalue weighted by atomic mass is 16.2. The predicted octanol–water partition coefficient (Wildman–Crippen LogP) is 7.51. The minimum Gasteiger partial charge on any atom is -0.330 e. The van der Waals surface area contributed by atoms with E-state index in [4.69, 9.17) is 0 Å². The Hall–Kier alpha value is -2.09. The normalized spacial score (nSPS) is 14.1. The maximum Gasteiger partial charge on any atom is 0.254 e. The minimum absolute atomic E-state index is 0.104. The van der Waals surface area contributed by atoms with Gasteiger partial charge in [0, 0.05) is 18.7 Å². The zero-order chi connectivity index (χ0) is 21.9. The van der Waals surface area contributed by atoms with Crippen LogP contribution in [0.4, 0.5) is 0 Å². The molecule has 0 unspecified atom stereocenters. The second kappa shape index (κ2) is 18.3. The van der Waals surface area contributed by atoms with Crippen LogP contribution in [-0.4, -0.2) is 17.4 Å². The van der Waals surface area contributed by atoms with Gasteiger partial charge in [-0.25, -0.2) is 0 Å². The molecule has 0 radical (unpaired) electrons. The molecule has 1 aromatic rings. The highest BCUT2D eigenvalue weighted by Crippen LogP contribution is 2.23. The van der Waals surface area contributed by atoms with Crippen LogP contribution in [-0.2, 0) is 17.8 Å². The fourth-order valence-electron chi connectivity index (χ4n) is 2.58. The third kappa shape index (κ3) is 10.3. The van der Waals surface area contributed by atoms with Crippen molar-refractivity contribution in [1.29, 1.82) is 0 Å². The third-order valence-electron chi connectivity index (χ3n) is 4.12. The summed E-state index contributed by atoms with van der Waals surface area (Å²) in [6.45, 7) is 21.4. The summed E-state index contributed by atoms with van der Waals surface area (Å²) in [7, 11) is 0. The summed E-state index contributed by atoms with van der Waals surface area (Å²) in [4.78, 5) is 14.0. The summed E-state index contributed by atoms with van der Waals surface area (Å²) in [5.41, 5.74) is 4.26. The van der Waals surface area contributed by atoms with E-state index in [1.165, 1.54) is 24.0 Å². The molecule has 0 N–H and O–H groups in total. The van der Waals surface area contributed by atoms with Gasteiger partial charge in [-0.15, -0.1) is 0 Å². The number of carbonyl (C=O) groups is 1. The van der Waals surface area contributed by atoms with Crippen LogP contribution in [0.25, 0.3) is 0 Å². The zero-order valence-electron chi connectivity index (χ0n) is 19.6. The molecule has 0 bridgehead atoms. The molecule has 0 spiro atoms. The highest BCUT2D eigenvalue weighted by Gasteiger charge is 2.28. The van der Waals surface area contributed by atoms with Gasteiger partial charge in [-0.3, -0.25) is 4.79 Å². The van der Waals surface area contributed by atoms with Crippen molar-refractivity contribution >= 4 is 5.91 Å². The van der Waals surface area contributed by atoms with Gasteiger partial charge in [-0.05, 0) is 50.3 Å². The molecule has 1 saturated heterocycles. The number of nitrogens with zero attached hydrogens (tertiary/aromatic N) is 1. The Morgan fingerprint density at radius 3 is 1.86 bits per heavy atom. The van der Waals surface area contributed by atoms with E-state index in [0.29, 0.717) is 13.1 Å². The van der Waals surface area contributed by atoms with Crippen molar-refractivity contribution in [3.05, 3.63) is 71.3 Å². The zero-order valence-corrected chi connectivity index (χ0v) is 19.6. The molecular formula is C26H43NO. The number of rotatable bonds is 5.